The van der Waals surface area contributed by atoms with Gasteiger partial charge in [0.15, 0.2) is 0 Å². The molecule has 2 saturated heterocycles. The van der Waals surface area contributed by atoms with Crippen LogP contribution in [-0.4, -0.2) is 67.7 Å². The van der Waals surface area contributed by atoms with E-state index in [1.54, 1.807) is 0 Å². The molecular weight excluding hydrogens is 336 g/mol. The van der Waals surface area contributed by atoms with Crippen molar-refractivity contribution in [2.24, 2.45) is 0 Å². The van der Waals surface area contributed by atoms with E-state index in [1.165, 1.54) is 11.3 Å². The molecule has 142 valence electrons. The zero-order chi connectivity index (χ0) is 18.5. The summed E-state index contributed by atoms with van der Waals surface area (Å²) in [6.45, 7) is 6.66. The average molecular weight is 364 g/mol. The van der Waals surface area contributed by atoms with Crippen LogP contribution in [0.1, 0.15) is 5.56 Å². The van der Waals surface area contributed by atoms with Gasteiger partial charge in [0, 0.05) is 57.5 Å². The lowest BCUT2D eigenvalue weighted by atomic mass is 10.1. The molecule has 2 aromatic rings. The summed E-state index contributed by atoms with van der Waals surface area (Å²) in [6, 6.07) is 21.5. The third-order valence-electron chi connectivity index (χ3n) is 5.63. The third kappa shape index (κ3) is 4.42. The quantitative estimate of drug-likeness (QED) is 0.886. The normalized spacial score (nSPS) is 18.2. The first-order valence-corrected chi connectivity index (χ1v) is 9.90. The summed E-state index contributed by atoms with van der Waals surface area (Å²) in [5, 5.41) is 3.05. The van der Waals surface area contributed by atoms with Crippen LogP contribution >= 0.6 is 0 Å². The Labute approximate surface area is 161 Å². The largest absolute Gasteiger partial charge is 0.369 e. The molecule has 2 aromatic carbocycles. The van der Waals surface area contributed by atoms with Crippen molar-refractivity contribution in [3.05, 3.63) is 66.2 Å². The van der Waals surface area contributed by atoms with Gasteiger partial charge in [0.2, 0.25) is 0 Å². The minimum atomic E-state index is 0.0742. The van der Waals surface area contributed by atoms with Gasteiger partial charge in [-0.3, -0.25) is 4.90 Å². The fourth-order valence-corrected chi connectivity index (χ4v) is 3.91. The second kappa shape index (κ2) is 8.44. The summed E-state index contributed by atoms with van der Waals surface area (Å²) in [7, 11) is 0. The predicted octanol–water partition coefficient (Wildman–Crippen LogP) is 2.45. The van der Waals surface area contributed by atoms with Gasteiger partial charge in [0.25, 0.3) is 0 Å². The van der Waals surface area contributed by atoms with Crippen LogP contribution in [0.2, 0.25) is 0 Å². The highest BCUT2D eigenvalue weighted by Crippen LogP contribution is 2.20. The highest BCUT2D eigenvalue weighted by molar-refractivity contribution is 5.75. The van der Waals surface area contributed by atoms with Crippen LogP contribution < -0.4 is 10.2 Å². The first-order valence-electron chi connectivity index (χ1n) is 9.90. The van der Waals surface area contributed by atoms with Crippen molar-refractivity contribution in [3.8, 4) is 0 Å². The molecule has 0 atom stereocenters. The molecule has 4 rings (SSSR count). The zero-order valence-electron chi connectivity index (χ0n) is 15.8. The van der Waals surface area contributed by atoms with Crippen LogP contribution in [-0.2, 0) is 6.42 Å². The smallest absolute Gasteiger partial charge is 0.317 e. The summed E-state index contributed by atoms with van der Waals surface area (Å²) in [5.41, 5.74) is 2.57. The highest BCUT2D eigenvalue weighted by atomic mass is 16.2. The number of carbonyl (C=O) groups is 1. The van der Waals surface area contributed by atoms with Crippen LogP contribution in [0, 0.1) is 0 Å². The summed E-state index contributed by atoms with van der Waals surface area (Å²) < 4.78 is 0. The van der Waals surface area contributed by atoms with E-state index < -0.39 is 0 Å². The molecule has 0 aliphatic carbocycles. The number of urea groups is 1. The highest BCUT2D eigenvalue weighted by Gasteiger charge is 2.35. The van der Waals surface area contributed by atoms with Crippen molar-refractivity contribution in [1.29, 1.82) is 0 Å². The van der Waals surface area contributed by atoms with Crippen LogP contribution in [0.15, 0.2) is 60.7 Å². The molecule has 5 heteroatoms. The second-order valence-electron chi connectivity index (χ2n) is 7.38. The lowest BCUT2D eigenvalue weighted by Crippen LogP contribution is -2.65. The Morgan fingerprint density at radius 2 is 1.52 bits per heavy atom. The lowest BCUT2D eigenvalue weighted by molar-refractivity contribution is 0.0533. The van der Waals surface area contributed by atoms with Gasteiger partial charge >= 0.3 is 6.03 Å². The van der Waals surface area contributed by atoms with Gasteiger partial charge in [-0.15, -0.1) is 0 Å². The fraction of sp³-hybridized carbons (Fsp3) is 0.409. The fourth-order valence-electron chi connectivity index (χ4n) is 3.91. The number of carbonyl (C=O) groups excluding carboxylic acids is 1. The average Bonchev–Trinajstić information content (AvgIpc) is 2.69. The van der Waals surface area contributed by atoms with Gasteiger partial charge in [0.05, 0.1) is 0 Å². The Bertz CT molecular complexity index is 722. The summed E-state index contributed by atoms with van der Waals surface area (Å²) in [6.07, 6.45) is 0.880. The number of nitrogens with zero attached hydrogens (tertiary/aromatic N) is 3. The lowest BCUT2D eigenvalue weighted by Gasteiger charge is -2.48. The van der Waals surface area contributed by atoms with E-state index >= 15 is 0 Å². The van der Waals surface area contributed by atoms with E-state index in [-0.39, 0.29) is 6.03 Å². The minimum absolute atomic E-state index is 0.0742. The summed E-state index contributed by atoms with van der Waals surface area (Å²) >= 11 is 0. The Hall–Kier alpha value is -2.53. The molecule has 0 radical (unpaired) electrons. The molecule has 2 heterocycles. The number of amides is 2. The maximum Gasteiger partial charge on any atom is 0.317 e. The number of anilines is 1. The van der Waals surface area contributed by atoms with Crippen molar-refractivity contribution < 1.29 is 4.79 Å². The molecule has 27 heavy (non-hydrogen) atoms. The van der Waals surface area contributed by atoms with Gasteiger partial charge < -0.3 is 15.1 Å². The number of benzene rings is 2. The van der Waals surface area contributed by atoms with E-state index in [4.69, 9.17) is 0 Å². The van der Waals surface area contributed by atoms with Crippen LogP contribution in [0.4, 0.5) is 10.5 Å². The van der Waals surface area contributed by atoms with Gasteiger partial charge in [-0.25, -0.2) is 4.79 Å². The number of hydrogen-bond acceptors (Lipinski definition) is 3. The van der Waals surface area contributed by atoms with E-state index in [1.807, 2.05) is 23.1 Å². The van der Waals surface area contributed by atoms with E-state index in [0.717, 1.165) is 45.7 Å². The van der Waals surface area contributed by atoms with Crippen LogP contribution in [0.5, 0.6) is 0 Å². The predicted molar refractivity (Wildman–Crippen MR) is 109 cm³/mol. The number of hydrogen-bond donors (Lipinski definition) is 1. The van der Waals surface area contributed by atoms with Crippen molar-refractivity contribution in [2.75, 3.05) is 50.7 Å². The molecule has 2 amide bonds. The number of para-hydroxylation sites is 1. The Morgan fingerprint density at radius 3 is 2.19 bits per heavy atom. The maximum atomic E-state index is 12.3. The third-order valence-corrected chi connectivity index (χ3v) is 5.63. The van der Waals surface area contributed by atoms with Crippen molar-refractivity contribution in [1.82, 2.24) is 15.1 Å². The number of rotatable bonds is 5. The molecule has 0 unspecified atom stereocenters. The SMILES string of the molecule is O=C(NCCc1ccccc1)N1CC(N2CCN(c3ccccc3)CC2)C1. The number of nitrogens with one attached hydrogen (secondary N) is 1. The molecule has 0 bridgehead atoms. The monoisotopic (exact) mass is 364 g/mol. The molecule has 0 saturated carbocycles. The van der Waals surface area contributed by atoms with Crippen LogP contribution in [0.25, 0.3) is 0 Å². The minimum Gasteiger partial charge on any atom is -0.369 e. The zero-order valence-corrected chi connectivity index (χ0v) is 15.8. The van der Waals surface area contributed by atoms with Crippen molar-refractivity contribution in [3.63, 3.8) is 0 Å². The molecule has 2 fully saturated rings. The molecule has 2 aliphatic rings. The van der Waals surface area contributed by atoms with Gasteiger partial charge in [-0.2, -0.15) is 0 Å². The number of piperazine rings is 1. The van der Waals surface area contributed by atoms with Gasteiger partial charge in [0.1, 0.15) is 0 Å². The molecule has 1 N–H and O–H groups in total. The Morgan fingerprint density at radius 1 is 0.889 bits per heavy atom. The van der Waals surface area contributed by atoms with Crippen LogP contribution in [0.3, 0.4) is 0 Å². The van der Waals surface area contributed by atoms with E-state index in [9.17, 15) is 4.79 Å². The van der Waals surface area contributed by atoms with Gasteiger partial charge in [-0.1, -0.05) is 48.5 Å². The first-order chi connectivity index (χ1) is 13.3. The molecule has 2 aliphatic heterocycles. The van der Waals surface area contributed by atoms with E-state index in [2.05, 4.69) is 57.6 Å². The Balaban J connectivity index is 1.15. The molecule has 5 nitrogen and oxygen atoms in total. The standard InChI is InChI=1S/C22H28N4O/c27-22(23-12-11-19-7-3-1-4-8-19)26-17-21(18-26)25-15-13-24(14-16-25)20-9-5-2-6-10-20/h1-10,21H,11-18H2,(H,23,27). The maximum absolute atomic E-state index is 12.3. The van der Waals surface area contributed by atoms with E-state index in [0.29, 0.717) is 12.6 Å². The van der Waals surface area contributed by atoms with Crippen molar-refractivity contribution >= 4 is 11.7 Å². The first kappa shape index (κ1) is 17.9. The number of likely N-dealkylation sites (tertiary alicyclic amines) is 1. The van der Waals surface area contributed by atoms with Crippen molar-refractivity contribution in [2.45, 2.75) is 12.5 Å². The second-order valence-corrected chi connectivity index (χ2v) is 7.38. The Kier molecular flexibility index (Phi) is 5.58. The summed E-state index contributed by atoms with van der Waals surface area (Å²) in [5.74, 6) is 0. The van der Waals surface area contributed by atoms with Gasteiger partial charge in [-0.05, 0) is 24.1 Å². The topological polar surface area (TPSA) is 38.8 Å². The molecule has 0 aromatic heterocycles. The molecular formula is C22H28N4O. The summed E-state index contributed by atoms with van der Waals surface area (Å²) in [4.78, 5) is 19.2. The molecule has 0 spiro atoms.